The fraction of sp³-hybridized carbons (Fsp3) is 0. The summed E-state index contributed by atoms with van der Waals surface area (Å²) >= 11 is 3.31. The Labute approximate surface area is 116 Å². The van der Waals surface area contributed by atoms with Crippen molar-refractivity contribution in [3.63, 3.8) is 0 Å². The lowest BCUT2D eigenvalue weighted by atomic mass is 10.3. The Kier molecular flexibility index (Phi) is 3.41. The van der Waals surface area contributed by atoms with Crippen molar-refractivity contribution in [1.29, 1.82) is 0 Å². The molecular formula is C14H10OS3. The van der Waals surface area contributed by atoms with Crippen molar-refractivity contribution in [2.45, 2.75) is 0 Å². The van der Waals surface area contributed by atoms with Crippen molar-refractivity contribution in [3.8, 4) is 0 Å². The molecule has 0 unspecified atom stereocenters. The third kappa shape index (κ3) is 2.46. The van der Waals surface area contributed by atoms with E-state index < -0.39 is 10.8 Å². The van der Waals surface area contributed by atoms with Gasteiger partial charge in [-0.2, -0.15) is 0 Å². The van der Waals surface area contributed by atoms with Crippen LogP contribution < -0.4 is 0 Å². The minimum absolute atomic E-state index is 0.875. The molecule has 0 radical (unpaired) electrons. The number of hydrogen-bond donors (Lipinski definition) is 0. The number of hydrogen-bond acceptors (Lipinski definition) is 3. The summed E-state index contributed by atoms with van der Waals surface area (Å²) in [6, 6.07) is 8.06. The molecule has 0 saturated heterocycles. The molecule has 18 heavy (non-hydrogen) atoms. The van der Waals surface area contributed by atoms with E-state index in [2.05, 4.69) is 0 Å². The van der Waals surface area contributed by atoms with Crippen LogP contribution in [0.4, 0.5) is 0 Å². The van der Waals surface area contributed by atoms with Gasteiger partial charge in [-0.3, -0.25) is 0 Å². The van der Waals surface area contributed by atoms with Gasteiger partial charge in [0.15, 0.2) is 0 Å². The smallest absolute Gasteiger partial charge is 0.0850 e. The Balaban J connectivity index is 1.88. The molecule has 2 aromatic heterocycles. The molecule has 4 heteroatoms. The predicted molar refractivity (Wildman–Crippen MR) is 81.9 cm³/mol. The van der Waals surface area contributed by atoms with Crippen LogP contribution >= 0.6 is 22.7 Å². The highest BCUT2D eigenvalue weighted by Crippen LogP contribution is 2.28. The van der Waals surface area contributed by atoms with Crippen LogP contribution in [0.25, 0.3) is 12.2 Å². The van der Waals surface area contributed by atoms with Crippen LogP contribution in [0.1, 0.15) is 9.75 Å². The fourth-order valence-corrected chi connectivity index (χ4v) is 4.26. The van der Waals surface area contributed by atoms with Crippen molar-refractivity contribution < 1.29 is 4.21 Å². The first-order valence-corrected chi connectivity index (χ1v) is 8.34. The molecule has 1 aliphatic heterocycles. The summed E-state index contributed by atoms with van der Waals surface area (Å²) in [4.78, 5) is 4.03. The highest BCUT2D eigenvalue weighted by atomic mass is 32.2. The predicted octanol–water partition coefficient (Wildman–Crippen LogP) is 4.51. The summed E-state index contributed by atoms with van der Waals surface area (Å²) in [6.45, 7) is 0. The molecule has 0 atom stereocenters. The molecule has 90 valence electrons. The average molecular weight is 290 g/mol. The summed E-state index contributed by atoms with van der Waals surface area (Å²) in [6.07, 6.45) is 7.86. The Morgan fingerprint density at radius 1 is 0.889 bits per heavy atom. The largest absolute Gasteiger partial charge is 0.249 e. The van der Waals surface area contributed by atoms with E-state index >= 15 is 0 Å². The molecule has 3 rings (SSSR count). The summed E-state index contributed by atoms with van der Waals surface area (Å²) in [5.74, 6) is 0. The van der Waals surface area contributed by atoms with Gasteiger partial charge in [0.05, 0.1) is 10.8 Å². The molecule has 0 N–H and O–H groups in total. The lowest BCUT2D eigenvalue weighted by molar-refractivity contribution is 0.692. The van der Waals surface area contributed by atoms with E-state index in [-0.39, 0.29) is 0 Å². The van der Waals surface area contributed by atoms with Crippen LogP contribution in [-0.4, -0.2) is 4.21 Å². The third-order valence-electron chi connectivity index (χ3n) is 2.50. The maximum absolute atomic E-state index is 12.3. The maximum Gasteiger partial charge on any atom is 0.0850 e. The van der Waals surface area contributed by atoms with Gasteiger partial charge in [-0.05, 0) is 47.2 Å². The van der Waals surface area contributed by atoms with Crippen LogP contribution in [0.5, 0.6) is 0 Å². The molecule has 0 spiro atoms. The summed E-state index contributed by atoms with van der Waals surface area (Å²) in [5, 5.41) is 4.05. The quantitative estimate of drug-likeness (QED) is 0.795. The second kappa shape index (κ2) is 5.18. The average Bonchev–Trinajstić information content (AvgIpc) is 3.08. The van der Waals surface area contributed by atoms with Crippen LogP contribution in [-0.2, 0) is 10.8 Å². The Bertz CT molecular complexity index is 587. The highest BCUT2D eigenvalue weighted by Gasteiger charge is 2.15. The van der Waals surface area contributed by atoms with Crippen LogP contribution in [0.3, 0.4) is 0 Å². The summed E-state index contributed by atoms with van der Waals surface area (Å²) < 4.78 is 12.3. The lowest BCUT2D eigenvalue weighted by Gasteiger charge is -1.95. The Morgan fingerprint density at radius 2 is 1.39 bits per heavy atom. The maximum atomic E-state index is 12.3. The third-order valence-corrected chi connectivity index (χ3v) is 5.50. The van der Waals surface area contributed by atoms with Crippen LogP contribution in [0, 0.1) is 0 Å². The fourth-order valence-electron chi connectivity index (χ4n) is 1.65. The van der Waals surface area contributed by atoms with E-state index in [4.69, 9.17) is 0 Å². The standard InChI is InChI=1S/C14H10OS3/c15-18-13(9-11-3-1-7-16-11)5-6-14(18)10-12-4-2-8-17-12/h1-10H. The van der Waals surface area contributed by atoms with Gasteiger partial charge in [0.2, 0.25) is 0 Å². The van der Waals surface area contributed by atoms with E-state index in [1.165, 1.54) is 0 Å². The van der Waals surface area contributed by atoms with Crippen molar-refractivity contribution in [2.24, 2.45) is 0 Å². The summed E-state index contributed by atoms with van der Waals surface area (Å²) in [5.41, 5.74) is 0. The van der Waals surface area contributed by atoms with E-state index in [9.17, 15) is 4.21 Å². The van der Waals surface area contributed by atoms with Crippen molar-refractivity contribution in [3.05, 3.63) is 66.7 Å². The van der Waals surface area contributed by atoms with Crippen molar-refractivity contribution in [2.75, 3.05) is 0 Å². The van der Waals surface area contributed by atoms with E-state index in [1.807, 2.05) is 59.3 Å². The van der Waals surface area contributed by atoms with E-state index in [1.54, 1.807) is 22.7 Å². The zero-order chi connectivity index (χ0) is 12.4. The Morgan fingerprint density at radius 3 is 1.78 bits per heavy atom. The van der Waals surface area contributed by atoms with E-state index in [0.29, 0.717) is 0 Å². The number of thiophene rings is 2. The monoisotopic (exact) mass is 290 g/mol. The van der Waals surface area contributed by atoms with E-state index in [0.717, 1.165) is 19.6 Å². The number of rotatable bonds is 2. The first-order valence-electron chi connectivity index (χ1n) is 5.43. The van der Waals surface area contributed by atoms with Gasteiger partial charge in [-0.1, -0.05) is 12.1 Å². The van der Waals surface area contributed by atoms with Gasteiger partial charge in [0.1, 0.15) is 0 Å². The minimum Gasteiger partial charge on any atom is -0.249 e. The molecule has 0 fully saturated rings. The molecule has 2 aromatic rings. The Hall–Kier alpha value is -1.23. The molecule has 0 amide bonds. The number of allylic oxidation sites excluding steroid dienone is 2. The summed E-state index contributed by atoms with van der Waals surface area (Å²) in [7, 11) is -1.04. The van der Waals surface area contributed by atoms with Gasteiger partial charge < -0.3 is 0 Å². The van der Waals surface area contributed by atoms with Gasteiger partial charge in [-0.25, -0.2) is 4.21 Å². The van der Waals surface area contributed by atoms with Gasteiger partial charge in [0, 0.05) is 19.6 Å². The first-order chi connectivity index (χ1) is 8.83. The van der Waals surface area contributed by atoms with Crippen molar-refractivity contribution in [1.82, 2.24) is 0 Å². The van der Waals surface area contributed by atoms with Gasteiger partial charge in [-0.15, -0.1) is 22.7 Å². The second-order valence-electron chi connectivity index (χ2n) is 3.73. The zero-order valence-electron chi connectivity index (χ0n) is 9.41. The molecule has 0 aliphatic carbocycles. The molecule has 0 bridgehead atoms. The second-order valence-corrected chi connectivity index (χ2v) is 7.17. The zero-order valence-corrected chi connectivity index (χ0v) is 11.9. The molecule has 0 saturated carbocycles. The molecule has 3 heterocycles. The van der Waals surface area contributed by atoms with Crippen molar-refractivity contribution >= 4 is 45.6 Å². The SMILES string of the molecule is O=S1C(=Cc2cccs2)C=CC1=Cc1cccs1. The molecule has 1 aliphatic rings. The lowest BCUT2D eigenvalue weighted by Crippen LogP contribution is -1.87. The van der Waals surface area contributed by atoms with Crippen LogP contribution in [0.2, 0.25) is 0 Å². The molecule has 0 aromatic carbocycles. The van der Waals surface area contributed by atoms with Crippen LogP contribution in [0.15, 0.2) is 57.0 Å². The molecule has 1 nitrogen and oxygen atoms in total. The first kappa shape index (κ1) is 11.8. The highest BCUT2D eigenvalue weighted by molar-refractivity contribution is 7.94. The normalized spacial score (nSPS) is 23.2. The minimum atomic E-state index is -1.04. The molecular weight excluding hydrogens is 280 g/mol. The van der Waals surface area contributed by atoms with Gasteiger partial charge >= 0.3 is 0 Å². The topological polar surface area (TPSA) is 17.1 Å². The van der Waals surface area contributed by atoms with Gasteiger partial charge in [0.25, 0.3) is 0 Å².